The minimum absolute atomic E-state index is 0.0712. The second kappa shape index (κ2) is 50.0. The highest BCUT2D eigenvalue weighted by atomic mass is 16.5. The number of aliphatic carboxylic acids is 1. The zero-order chi connectivity index (χ0) is 90.2. The van der Waals surface area contributed by atoms with Crippen LogP contribution in [0.3, 0.4) is 0 Å². The molecule has 730 valence electrons. The Bertz CT molecular complexity index is 3180. The van der Waals surface area contributed by atoms with Crippen molar-refractivity contribution in [3.05, 3.63) is 0 Å². The standard InChI is InChI=1S/C36H66N4O3.C35H66N4O3.C34H64N4O3/c1-26(8-11-34(42)43-4)29-9-10-30-28-25-33(41)32-24-27(12-14-36(32,3)31(28)13-15-35(29,30)2)38-17-7-19-40-22-20-39(21-23-40)18-6-5-16-37;1-25(9-12-33(41)42-4)28-10-11-29-27-24-32(40)31-23-26(13-15-35(31,3)30(27)14-16-34(28,29)2)39-22-8-21-38-19-6-5-18-37-20-7-17-36;1-24(8-11-32(40)41)27-9-10-28-26-23-31(39)30-22-25(12-14-34(30,3)29(26)13-15-33(27,28)2)38-21-7-20-37-18-5-4-17-36-19-6-16-35/h26-33,38,41H,5-25,37H2,1-4H3;25-32,37-40H,5-24,36H2,1-4H3;24-31,36-39H,4-23,35H2,1-3H3,(H,40,41)/t26?,27-,28?,29+,30?,31?,32+,33+,35+,36+;25?,26-,27?,28+,29?,30?,31+,32+,34+,35+;24?,25-,26?,27+,28?,29?,30+,31+,33+,34+/m000/s1. The molecule has 21 nitrogen and oxygen atoms in total. The largest absolute Gasteiger partial charge is 0.481 e. The number of unbranched alkanes of at least 4 members (excludes halogenated alkanes) is 3. The van der Waals surface area contributed by atoms with Crippen molar-refractivity contribution in [3.8, 4) is 0 Å². The zero-order valence-corrected chi connectivity index (χ0v) is 82.4. The van der Waals surface area contributed by atoms with Crippen molar-refractivity contribution >= 4 is 17.9 Å². The van der Waals surface area contributed by atoms with Crippen molar-refractivity contribution in [1.82, 2.24) is 47.0 Å². The summed E-state index contributed by atoms with van der Waals surface area (Å²) < 4.78 is 9.87. The molecular formula is C105H196N12O9. The van der Waals surface area contributed by atoms with Gasteiger partial charge in [0.1, 0.15) is 0 Å². The number of carbonyl (C=O) groups excluding carboxylic acids is 2. The van der Waals surface area contributed by atoms with E-state index in [2.05, 4.69) is 109 Å². The summed E-state index contributed by atoms with van der Waals surface area (Å²) in [6.07, 6.45) is 46.1. The van der Waals surface area contributed by atoms with Crippen LogP contribution in [0.1, 0.15) is 326 Å². The number of nitrogens with two attached hydrogens (primary N) is 3. The summed E-state index contributed by atoms with van der Waals surface area (Å²) in [5.41, 5.74) is 18.6. The topological polar surface area (TPSA) is 319 Å². The molecule has 0 aromatic rings. The first-order valence-corrected chi connectivity index (χ1v) is 53.6. The second-order valence-corrected chi connectivity index (χ2v) is 46.4. The highest BCUT2D eigenvalue weighted by Crippen LogP contribution is 2.72. The van der Waals surface area contributed by atoms with E-state index in [1.54, 1.807) is 0 Å². The van der Waals surface area contributed by atoms with Crippen molar-refractivity contribution in [2.24, 2.45) is 156 Å². The van der Waals surface area contributed by atoms with Gasteiger partial charge in [-0.05, 0) is 488 Å². The van der Waals surface area contributed by atoms with Gasteiger partial charge in [0.25, 0.3) is 0 Å². The number of nitrogens with zero attached hydrogens (tertiary/aromatic N) is 2. The average molecular weight is 1770 g/mol. The lowest BCUT2D eigenvalue weighted by molar-refractivity contribution is -0.162. The summed E-state index contributed by atoms with van der Waals surface area (Å²) in [7, 11) is 3.00. The van der Waals surface area contributed by atoms with Gasteiger partial charge in [0, 0.05) is 63.6 Å². The lowest BCUT2D eigenvalue weighted by Gasteiger charge is -2.62. The molecule has 17 N–H and O–H groups in total. The highest BCUT2D eigenvalue weighted by molar-refractivity contribution is 5.69. The smallest absolute Gasteiger partial charge is 0.305 e. The van der Waals surface area contributed by atoms with Crippen LogP contribution in [0.4, 0.5) is 0 Å². The summed E-state index contributed by atoms with van der Waals surface area (Å²) in [5, 5.41) is 70.0. The molecule has 0 spiro atoms. The summed E-state index contributed by atoms with van der Waals surface area (Å²) >= 11 is 0. The first-order valence-electron chi connectivity index (χ1n) is 53.6. The molecule has 1 heterocycles. The maximum Gasteiger partial charge on any atom is 0.305 e. The third-order valence-corrected chi connectivity index (χ3v) is 39.6. The Kier molecular flexibility index (Phi) is 41.4. The van der Waals surface area contributed by atoms with Crippen LogP contribution in [0.25, 0.3) is 0 Å². The predicted molar refractivity (Wildman–Crippen MR) is 514 cm³/mol. The van der Waals surface area contributed by atoms with Crippen molar-refractivity contribution in [3.63, 3.8) is 0 Å². The number of nitrogens with one attached hydrogen (secondary N) is 7. The quantitative estimate of drug-likeness (QED) is 0.0199. The number of aliphatic hydroxyl groups excluding tert-OH is 3. The van der Waals surface area contributed by atoms with E-state index in [4.69, 9.17) is 26.7 Å². The molecule has 13 fully saturated rings. The Hall–Kier alpha value is -2.19. The van der Waals surface area contributed by atoms with E-state index in [1.165, 1.54) is 214 Å². The number of hydrogen-bond acceptors (Lipinski definition) is 20. The van der Waals surface area contributed by atoms with Crippen LogP contribution in [0.2, 0.25) is 0 Å². The van der Waals surface area contributed by atoms with Crippen molar-refractivity contribution in [1.29, 1.82) is 0 Å². The number of aliphatic hydroxyl groups is 3. The number of rotatable bonds is 47. The maximum atomic E-state index is 11.8. The number of hydrogen-bond donors (Lipinski definition) is 14. The Labute approximate surface area is 768 Å². The number of fused-ring (bicyclic) bond motifs is 15. The molecule has 0 aromatic heterocycles. The van der Waals surface area contributed by atoms with E-state index < -0.39 is 5.97 Å². The van der Waals surface area contributed by atoms with Crippen molar-refractivity contribution in [2.75, 3.05) is 145 Å². The molecule has 13 rings (SSSR count). The summed E-state index contributed by atoms with van der Waals surface area (Å²) in [6, 6.07) is 1.65. The molecule has 12 unspecified atom stereocenters. The zero-order valence-electron chi connectivity index (χ0n) is 82.4. The average Bonchev–Trinajstić information content (AvgIpc) is 1.45. The lowest BCUT2D eigenvalue weighted by atomic mass is 9.43. The van der Waals surface area contributed by atoms with Crippen LogP contribution in [-0.4, -0.2) is 230 Å². The number of carboxylic acids is 1. The van der Waals surface area contributed by atoms with Gasteiger partial charge in [0.2, 0.25) is 0 Å². The molecule has 0 radical (unpaired) electrons. The van der Waals surface area contributed by atoms with Crippen LogP contribution < -0.4 is 54.4 Å². The van der Waals surface area contributed by atoms with E-state index >= 15 is 0 Å². The Morgan fingerprint density at radius 3 is 0.944 bits per heavy atom. The summed E-state index contributed by atoms with van der Waals surface area (Å²) in [6.45, 7) is 43.8. The SMILES string of the molecule is CC(CCC(=O)O)[C@H]1CCC2C3C[C@@H](O)[C@H]4C[C@@H](NCCCNCCCCNCCCN)CC[C@]4(C)C3CC[C@@]21C.COC(=O)CCC(C)[C@H]1CCC2C3C[C@@H](O)[C@H]4C[C@@H](NCCCN5CCN(CCCCN)CC5)CC[C@]4(C)C3CC[C@@]21C.COC(=O)CCC(C)[C@H]1CCC2C3C[C@@H](O)[C@H]4C[C@@H](NCCCNCCCCNCCCN)CC[C@]4(C)C3CC[C@@]21C. The van der Waals surface area contributed by atoms with Gasteiger partial charge in [-0.15, -0.1) is 0 Å². The van der Waals surface area contributed by atoms with Crippen LogP contribution >= 0.6 is 0 Å². The number of methoxy groups -OCH3 is 2. The molecule has 0 aromatic carbocycles. The first kappa shape index (κ1) is 104. The Morgan fingerprint density at radius 2 is 0.627 bits per heavy atom. The number of piperazine rings is 1. The lowest BCUT2D eigenvalue weighted by Crippen LogP contribution is -2.59. The minimum Gasteiger partial charge on any atom is -0.481 e. The molecule has 126 heavy (non-hydrogen) atoms. The molecule has 21 heteroatoms. The van der Waals surface area contributed by atoms with E-state index in [0.29, 0.717) is 131 Å². The molecule has 12 aliphatic carbocycles. The Balaban J connectivity index is 0.000000184. The number of esters is 2. The molecule has 0 bridgehead atoms. The minimum atomic E-state index is -0.662. The molecule has 30 atom stereocenters. The molecule has 1 saturated heterocycles. The van der Waals surface area contributed by atoms with Gasteiger partial charge in [0.05, 0.1) is 32.5 Å². The molecule has 1 aliphatic heterocycles. The van der Waals surface area contributed by atoms with E-state index in [-0.39, 0.29) is 46.5 Å². The van der Waals surface area contributed by atoms with Gasteiger partial charge < -0.3 is 94.1 Å². The third kappa shape index (κ3) is 25.9. The van der Waals surface area contributed by atoms with Gasteiger partial charge in [-0.2, -0.15) is 0 Å². The Morgan fingerprint density at radius 1 is 0.341 bits per heavy atom. The van der Waals surface area contributed by atoms with Crippen molar-refractivity contribution < 1.29 is 44.3 Å². The van der Waals surface area contributed by atoms with E-state index in [0.717, 1.165) is 205 Å². The van der Waals surface area contributed by atoms with Crippen molar-refractivity contribution in [2.45, 2.75) is 362 Å². The number of carboxylic acid groups (broad SMARTS) is 1. The fourth-order valence-corrected chi connectivity index (χ4v) is 32.5. The molecule has 13 aliphatic rings. The van der Waals surface area contributed by atoms with Gasteiger partial charge in [-0.3, -0.25) is 14.4 Å². The number of ether oxygens (including phenoxy) is 2. The predicted octanol–water partition coefficient (Wildman–Crippen LogP) is 14.5. The normalized spacial score (nSPS) is 39.5. The van der Waals surface area contributed by atoms with Gasteiger partial charge >= 0.3 is 17.9 Å². The summed E-state index contributed by atoms with van der Waals surface area (Å²) in [5.74, 6) is 10.5. The van der Waals surface area contributed by atoms with Crippen LogP contribution in [-0.2, 0) is 23.9 Å². The van der Waals surface area contributed by atoms with Gasteiger partial charge in [-0.25, -0.2) is 0 Å². The number of carbonyl (C=O) groups is 3. The fourth-order valence-electron chi connectivity index (χ4n) is 32.5. The second-order valence-electron chi connectivity index (χ2n) is 46.4. The van der Waals surface area contributed by atoms with Crippen LogP contribution in [0.15, 0.2) is 0 Å². The maximum absolute atomic E-state index is 11.8. The summed E-state index contributed by atoms with van der Waals surface area (Å²) in [4.78, 5) is 40.1. The monoisotopic (exact) mass is 1770 g/mol. The van der Waals surface area contributed by atoms with Gasteiger partial charge in [0.15, 0.2) is 0 Å². The fraction of sp³-hybridized carbons (Fsp3) is 0.971. The van der Waals surface area contributed by atoms with Crippen LogP contribution in [0, 0.1) is 139 Å². The van der Waals surface area contributed by atoms with Crippen LogP contribution in [0.5, 0.6) is 0 Å². The molecule has 12 saturated carbocycles. The third-order valence-electron chi connectivity index (χ3n) is 39.6. The molecule has 0 amide bonds. The van der Waals surface area contributed by atoms with E-state index in [1.807, 2.05) is 0 Å². The van der Waals surface area contributed by atoms with E-state index in [9.17, 15) is 34.8 Å². The first-order chi connectivity index (χ1) is 60.6. The van der Waals surface area contributed by atoms with Gasteiger partial charge in [-0.1, -0.05) is 62.3 Å². The molecular weight excluding hydrogens is 1570 g/mol. The highest BCUT2D eigenvalue weighted by Gasteiger charge is 2.66.